The first-order chi connectivity index (χ1) is 10.3. The van der Waals surface area contributed by atoms with Crippen LogP contribution in [0.25, 0.3) is 0 Å². The Bertz CT molecular complexity index is 572. The number of carbonyl (C=O) groups excluding carboxylic acids is 2. The van der Waals surface area contributed by atoms with Gasteiger partial charge in [0.15, 0.2) is 0 Å². The van der Waals surface area contributed by atoms with E-state index in [0.717, 1.165) is 5.56 Å². The third kappa shape index (κ3) is 3.78. The molecule has 22 heavy (non-hydrogen) atoms. The number of para-hydroxylation sites is 1. The minimum absolute atomic E-state index is 0.0342. The van der Waals surface area contributed by atoms with Crippen molar-refractivity contribution in [3.8, 4) is 0 Å². The molecule has 1 saturated heterocycles. The van der Waals surface area contributed by atoms with Crippen molar-refractivity contribution < 1.29 is 22.8 Å². The normalized spacial score (nSPS) is 18.9. The first-order valence-corrected chi connectivity index (χ1v) is 7.01. The van der Waals surface area contributed by atoms with Crippen molar-refractivity contribution in [2.24, 2.45) is 5.92 Å². The number of benzene rings is 1. The minimum atomic E-state index is -4.89. The number of hydrogen-bond donors (Lipinski definition) is 1. The number of nitrogens with zero attached hydrogens (tertiary/aromatic N) is 1. The van der Waals surface area contributed by atoms with Crippen molar-refractivity contribution in [1.82, 2.24) is 4.90 Å². The van der Waals surface area contributed by atoms with Crippen molar-refractivity contribution >= 4 is 17.5 Å². The molecule has 0 spiro atoms. The summed E-state index contributed by atoms with van der Waals surface area (Å²) >= 11 is 0. The molecule has 0 saturated carbocycles. The standard InChI is InChI=1S/C15H17F3N2O2/c1-10-5-2-3-7-12(10)19-13(21)11-6-4-8-20(9-11)14(22)15(16,17)18/h2-3,5,7,11H,4,6,8-9H2,1H3,(H,19,21). The molecule has 1 N–H and O–H groups in total. The molecule has 2 amide bonds. The molecule has 1 unspecified atom stereocenters. The lowest BCUT2D eigenvalue weighted by molar-refractivity contribution is -0.187. The summed E-state index contributed by atoms with van der Waals surface area (Å²) in [7, 11) is 0. The highest BCUT2D eigenvalue weighted by molar-refractivity contribution is 5.94. The van der Waals surface area contributed by atoms with Gasteiger partial charge in [0.25, 0.3) is 0 Å². The topological polar surface area (TPSA) is 49.4 Å². The second-order valence-electron chi connectivity index (χ2n) is 5.39. The number of carbonyl (C=O) groups is 2. The number of rotatable bonds is 2. The summed E-state index contributed by atoms with van der Waals surface area (Å²) in [5.41, 5.74) is 1.50. The van der Waals surface area contributed by atoms with E-state index in [1.807, 2.05) is 19.1 Å². The third-order valence-corrected chi connectivity index (χ3v) is 3.72. The second-order valence-corrected chi connectivity index (χ2v) is 5.39. The molecule has 1 aromatic rings. The van der Waals surface area contributed by atoms with Gasteiger partial charge in [0.05, 0.1) is 5.92 Å². The maximum absolute atomic E-state index is 12.5. The highest BCUT2D eigenvalue weighted by Gasteiger charge is 2.44. The van der Waals surface area contributed by atoms with E-state index in [2.05, 4.69) is 5.32 Å². The molecular formula is C15H17F3N2O2. The average molecular weight is 314 g/mol. The fourth-order valence-corrected chi connectivity index (χ4v) is 2.50. The average Bonchev–Trinajstić information content (AvgIpc) is 2.48. The van der Waals surface area contributed by atoms with Gasteiger partial charge in [0.1, 0.15) is 0 Å². The van der Waals surface area contributed by atoms with Crippen LogP contribution in [0.1, 0.15) is 18.4 Å². The van der Waals surface area contributed by atoms with E-state index in [9.17, 15) is 22.8 Å². The van der Waals surface area contributed by atoms with Crippen molar-refractivity contribution in [3.05, 3.63) is 29.8 Å². The van der Waals surface area contributed by atoms with Crippen LogP contribution in [-0.4, -0.2) is 36.0 Å². The summed E-state index contributed by atoms with van der Waals surface area (Å²) in [6.07, 6.45) is -4.04. The Morgan fingerprint density at radius 3 is 2.59 bits per heavy atom. The summed E-state index contributed by atoms with van der Waals surface area (Å²) in [6.45, 7) is 1.67. The first kappa shape index (κ1) is 16.3. The quantitative estimate of drug-likeness (QED) is 0.912. The molecule has 1 aromatic carbocycles. The molecule has 4 nitrogen and oxygen atoms in total. The number of likely N-dealkylation sites (tertiary alicyclic amines) is 1. The summed E-state index contributed by atoms with van der Waals surface area (Å²) in [4.78, 5) is 24.2. The van der Waals surface area contributed by atoms with Crippen LogP contribution in [-0.2, 0) is 9.59 Å². The van der Waals surface area contributed by atoms with Crippen LogP contribution in [0.3, 0.4) is 0 Å². The van der Waals surface area contributed by atoms with Crippen LogP contribution in [0.4, 0.5) is 18.9 Å². The second kappa shape index (κ2) is 6.37. The van der Waals surface area contributed by atoms with Crippen molar-refractivity contribution in [2.75, 3.05) is 18.4 Å². The largest absolute Gasteiger partial charge is 0.471 e. The Balaban J connectivity index is 2.02. The van der Waals surface area contributed by atoms with Gasteiger partial charge in [-0.15, -0.1) is 0 Å². The van der Waals surface area contributed by atoms with E-state index < -0.39 is 18.0 Å². The van der Waals surface area contributed by atoms with Crippen molar-refractivity contribution in [3.63, 3.8) is 0 Å². The summed E-state index contributed by atoms with van der Waals surface area (Å²) in [5.74, 6) is -2.85. The zero-order valence-corrected chi connectivity index (χ0v) is 12.1. The van der Waals surface area contributed by atoms with Gasteiger partial charge in [0, 0.05) is 18.8 Å². The van der Waals surface area contributed by atoms with Gasteiger partial charge in [0.2, 0.25) is 5.91 Å². The van der Waals surface area contributed by atoms with E-state index in [4.69, 9.17) is 0 Å². The molecule has 1 fully saturated rings. The predicted octanol–water partition coefficient (Wildman–Crippen LogP) is 2.73. The van der Waals surface area contributed by atoms with Crippen molar-refractivity contribution in [2.45, 2.75) is 25.9 Å². The smallest absolute Gasteiger partial charge is 0.334 e. The molecule has 120 valence electrons. The van der Waals surface area contributed by atoms with Crippen LogP contribution < -0.4 is 5.32 Å². The lowest BCUT2D eigenvalue weighted by atomic mass is 9.96. The highest BCUT2D eigenvalue weighted by Crippen LogP contribution is 2.25. The minimum Gasteiger partial charge on any atom is -0.334 e. The number of nitrogens with one attached hydrogen (secondary N) is 1. The molecule has 1 atom stereocenters. The molecule has 0 aliphatic carbocycles. The third-order valence-electron chi connectivity index (χ3n) is 3.72. The summed E-state index contributed by atoms with van der Waals surface area (Å²) < 4.78 is 37.4. The number of hydrogen-bond acceptors (Lipinski definition) is 2. The zero-order valence-electron chi connectivity index (χ0n) is 12.1. The molecular weight excluding hydrogens is 297 g/mol. The van der Waals surface area contributed by atoms with Gasteiger partial charge < -0.3 is 10.2 Å². The van der Waals surface area contributed by atoms with E-state index in [0.29, 0.717) is 23.4 Å². The number of halogens is 3. The van der Waals surface area contributed by atoms with Crippen LogP contribution >= 0.6 is 0 Å². The summed E-state index contributed by atoms with van der Waals surface area (Å²) in [5, 5.41) is 2.72. The number of anilines is 1. The number of piperidine rings is 1. The number of amides is 2. The van der Waals surface area contributed by atoms with Gasteiger partial charge in [-0.2, -0.15) is 13.2 Å². The van der Waals surface area contributed by atoms with E-state index >= 15 is 0 Å². The first-order valence-electron chi connectivity index (χ1n) is 7.01. The lowest BCUT2D eigenvalue weighted by Crippen LogP contribution is -2.48. The fraction of sp³-hybridized carbons (Fsp3) is 0.467. The molecule has 7 heteroatoms. The molecule has 0 radical (unpaired) electrons. The maximum Gasteiger partial charge on any atom is 0.471 e. The van der Waals surface area contributed by atoms with E-state index in [1.54, 1.807) is 12.1 Å². The van der Waals surface area contributed by atoms with Crippen LogP contribution in [0, 0.1) is 12.8 Å². The number of aryl methyl sites for hydroxylation is 1. The van der Waals surface area contributed by atoms with E-state index in [1.165, 1.54) is 0 Å². The molecule has 0 aromatic heterocycles. The van der Waals surface area contributed by atoms with Crippen molar-refractivity contribution in [1.29, 1.82) is 0 Å². The highest BCUT2D eigenvalue weighted by atomic mass is 19.4. The SMILES string of the molecule is Cc1ccccc1NC(=O)C1CCCN(C(=O)C(F)(F)F)C1. The number of alkyl halides is 3. The fourth-order valence-electron chi connectivity index (χ4n) is 2.50. The molecule has 1 aliphatic rings. The van der Waals surface area contributed by atoms with Crippen LogP contribution in [0.5, 0.6) is 0 Å². The molecule has 1 heterocycles. The van der Waals surface area contributed by atoms with Gasteiger partial charge in [-0.25, -0.2) is 0 Å². The monoisotopic (exact) mass is 314 g/mol. The van der Waals surface area contributed by atoms with Gasteiger partial charge in [-0.3, -0.25) is 9.59 Å². The molecule has 0 bridgehead atoms. The summed E-state index contributed by atoms with van der Waals surface area (Å²) in [6, 6.07) is 7.16. The Labute approximate surface area is 126 Å². The molecule has 1 aliphatic heterocycles. The van der Waals surface area contributed by atoms with Gasteiger partial charge in [-0.05, 0) is 31.4 Å². The van der Waals surface area contributed by atoms with E-state index in [-0.39, 0.29) is 19.0 Å². The van der Waals surface area contributed by atoms with Gasteiger partial charge >= 0.3 is 12.1 Å². The lowest BCUT2D eigenvalue weighted by Gasteiger charge is -2.32. The maximum atomic E-state index is 12.5. The Kier molecular flexibility index (Phi) is 4.73. The predicted molar refractivity (Wildman–Crippen MR) is 75.2 cm³/mol. The Morgan fingerprint density at radius 1 is 1.27 bits per heavy atom. The molecule has 2 rings (SSSR count). The van der Waals surface area contributed by atoms with Crippen LogP contribution in [0.2, 0.25) is 0 Å². The Morgan fingerprint density at radius 2 is 1.95 bits per heavy atom. The van der Waals surface area contributed by atoms with Gasteiger partial charge in [-0.1, -0.05) is 18.2 Å². The Hall–Kier alpha value is -2.05. The van der Waals surface area contributed by atoms with Crippen LogP contribution in [0.15, 0.2) is 24.3 Å². The zero-order chi connectivity index (χ0) is 16.3.